The molecule has 3 rings (SSSR count). The standard InChI is InChI=1S/C23H29NO3/c1-3-18-26-23(19-10-6-4-7-11-19,20-12-8-5-9-13-20)22(25)27-21-14-16-24(2)17-15-21/h4-13,21H,3,14-18H2,1-2H3/i1D3,3D2,4D,5D,6D,7D,8D,9D,10D,11D,12D,13D,18D2. The van der Waals surface area contributed by atoms with Crippen LogP contribution in [0.4, 0.5) is 0 Å². The van der Waals surface area contributed by atoms with Crippen LogP contribution in [-0.4, -0.2) is 43.7 Å². The Labute approximate surface area is 186 Å². The number of benzene rings is 2. The molecule has 0 radical (unpaired) electrons. The molecule has 0 bridgehead atoms. The highest BCUT2D eigenvalue weighted by Crippen LogP contribution is 2.36. The largest absolute Gasteiger partial charge is 0.460 e. The first kappa shape index (κ1) is 7.34. The van der Waals surface area contributed by atoms with Gasteiger partial charge < -0.3 is 14.4 Å². The van der Waals surface area contributed by atoms with E-state index in [1.165, 1.54) is 0 Å². The number of likely N-dealkylation sites (tertiary alicyclic amines) is 1. The smallest absolute Gasteiger partial charge is 0.348 e. The fourth-order valence-corrected chi connectivity index (χ4v) is 2.76. The SMILES string of the molecule is [2H]c1c([2H])c([2H])c(C(OC([2H])([2H])C([2H])([2H])C([2H])([2H])[2H])(C(=O)OC2CCN(C)CC2)c2c([2H])c([2H])c([2H])c([2H])c2[2H])c([2H])c1[2H]. The average molecular weight is 385 g/mol. The van der Waals surface area contributed by atoms with Crippen LogP contribution >= 0.6 is 0 Å². The summed E-state index contributed by atoms with van der Waals surface area (Å²) in [7, 11) is 1.77. The van der Waals surface area contributed by atoms with Gasteiger partial charge in [0.05, 0.1) is 16.4 Å². The van der Waals surface area contributed by atoms with E-state index in [9.17, 15) is 4.79 Å². The van der Waals surface area contributed by atoms with Crippen LogP contribution in [-0.2, 0) is 19.9 Å². The van der Waals surface area contributed by atoms with Crippen LogP contribution in [0, 0.1) is 0 Å². The molecule has 1 aliphatic heterocycles. The van der Waals surface area contributed by atoms with Crippen molar-refractivity contribution in [2.45, 2.75) is 37.8 Å². The predicted octanol–water partition coefficient (Wildman–Crippen LogP) is 3.99. The Morgan fingerprint density at radius 2 is 1.70 bits per heavy atom. The third-order valence-electron chi connectivity index (χ3n) is 4.19. The van der Waals surface area contributed by atoms with Gasteiger partial charge in [0.2, 0.25) is 5.60 Å². The van der Waals surface area contributed by atoms with E-state index in [4.69, 9.17) is 32.8 Å². The summed E-state index contributed by atoms with van der Waals surface area (Å²) in [6, 6.07) is -11.4. The first-order chi connectivity index (χ1) is 20.0. The summed E-state index contributed by atoms with van der Waals surface area (Å²) in [6.07, 6.45) is -4.63. The van der Waals surface area contributed by atoms with Crippen molar-refractivity contribution < 1.29 is 37.6 Å². The lowest BCUT2D eigenvalue weighted by molar-refractivity contribution is -0.176. The zero-order valence-corrected chi connectivity index (χ0v) is 14.6. The molecule has 1 saturated heterocycles. The second-order valence-corrected chi connectivity index (χ2v) is 5.92. The number of esters is 1. The van der Waals surface area contributed by atoms with Crippen molar-refractivity contribution in [1.82, 2.24) is 4.90 Å². The van der Waals surface area contributed by atoms with E-state index in [0.717, 1.165) is 0 Å². The molecule has 1 aliphatic rings. The Morgan fingerprint density at radius 1 is 1.15 bits per heavy atom. The molecule has 4 heteroatoms. The van der Waals surface area contributed by atoms with Crippen LogP contribution in [0.3, 0.4) is 0 Å². The molecule has 0 spiro atoms. The Bertz CT molecular complexity index is 1340. The van der Waals surface area contributed by atoms with Gasteiger partial charge in [-0.3, -0.25) is 0 Å². The van der Waals surface area contributed by atoms with Crippen molar-refractivity contribution in [2.24, 2.45) is 0 Å². The lowest BCUT2D eigenvalue weighted by Crippen LogP contribution is -2.45. The van der Waals surface area contributed by atoms with Crippen molar-refractivity contribution in [3.63, 3.8) is 0 Å². The Morgan fingerprint density at radius 3 is 2.22 bits per heavy atom. The molecule has 2 aromatic carbocycles. The number of hydrogen-bond donors (Lipinski definition) is 0. The normalized spacial score (nSPS) is 26.8. The molecule has 1 fully saturated rings. The lowest BCUT2D eigenvalue weighted by atomic mass is 9.85. The molecule has 0 N–H and O–H groups in total. The quantitative estimate of drug-likeness (QED) is 0.677. The highest BCUT2D eigenvalue weighted by molar-refractivity contribution is 5.86. The van der Waals surface area contributed by atoms with E-state index < -0.39 is 109 Å². The maximum Gasteiger partial charge on any atom is 0.348 e. The van der Waals surface area contributed by atoms with Gasteiger partial charge in [0, 0.05) is 26.5 Å². The van der Waals surface area contributed by atoms with Gasteiger partial charge in [0.1, 0.15) is 6.10 Å². The van der Waals surface area contributed by atoms with E-state index in [1.807, 2.05) is 4.90 Å². The van der Waals surface area contributed by atoms with Crippen LogP contribution in [0.15, 0.2) is 60.4 Å². The first-order valence-electron chi connectivity index (χ1n) is 16.7. The van der Waals surface area contributed by atoms with Gasteiger partial charge in [-0.2, -0.15) is 0 Å². The number of carbonyl (C=O) groups excluding carboxylic acids is 1. The van der Waals surface area contributed by atoms with Crippen molar-refractivity contribution in [1.29, 1.82) is 0 Å². The molecule has 0 saturated carbocycles. The maximum absolute atomic E-state index is 14.4. The minimum absolute atomic E-state index is 0.169. The van der Waals surface area contributed by atoms with E-state index in [2.05, 4.69) is 0 Å². The highest BCUT2D eigenvalue weighted by Gasteiger charge is 2.46. The molecule has 2 aromatic rings. The topological polar surface area (TPSA) is 38.8 Å². The molecule has 0 amide bonds. The number of piperidine rings is 1. The number of hydrogen-bond acceptors (Lipinski definition) is 4. The van der Waals surface area contributed by atoms with Crippen molar-refractivity contribution in [3.8, 4) is 0 Å². The second-order valence-electron chi connectivity index (χ2n) is 5.92. The summed E-state index contributed by atoms with van der Waals surface area (Å²) in [6.45, 7) is -7.15. The van der Waals surface area contributed by atoms with Gasteiger partial charge in [-0.15, -0.1) is 0 Å². The zero-order chi connectivity index (χ0) is 33.9. The molecular weight excluding hydrogens is 338 g/mol. The zero-order valence-electron chi connectivity index (χ0n) is 31.6. The summed E-state index contributed by atoms with van der Waals surface area (Å²) in [5, 5.41) is 0. The van der Waals surface area contributed by atoms with E-state index in [1.54, 1.807) is 7.05 Å². The van der Waals surface area contributed by atoms with E-state index in [0.29, 0.717) is 13.1 Å². The van der Waals surface area contributed by atoms with E-state index in [-0.39, 0.29) is 12.8 Å². The average Bonchev–Trinajstić information content (AvgIpc) is 2.93. The third-order valence-corrected chi connectivity index (χ3v) is 4.19. The number of rotatable bonds is 7. The van der Waals surface area contributed by atoms with Crippen molar-refractivity contribution in [2.75, 3.05) is 26.7 Å². The van der Waals surface area contributed by atoms with Crippen LogP contribution in [0.5, 0.6) is 0 Å². The van der Waals surface area contributed by atoms with Gasteiger partial charge in [-0.1, -0.05) is 67.3 Å². The molecule has 1 heterocycles. The number of carbonyl (C=O) groups is 1. The van der Waals surface area contributed by atoms with Gasteiger partial charge in [-0.05, 0) is 37.4 Å². The Balaban J connectivity index is 2.61. The highest BCUT2D eigenvalue weighted by atomic mass is 16.6. The monoisotopic (exact) mass is 384 g/mol. The second kappa shape index (κ2) is 9.16. The summed E-state index contributed by atoms with van der Waals surface area (Å²) in [4.78, 5) is 16.3. The van der Waals surface area contributed by atoms with Crippen LogP contribution in [0.25, 0.3) is 0 Å². The van der Waals surface area contributed by atoms with Crippen LogP contribution in [0.2, 0.25) is 0 Å². The molecule has 0 aromatic heterocycles. The summed E-state index contributed by atoms with van der Waals surface area (Å²) < 4.78 is 150. The minimum Gasteiger partial charge on any atom is -0.460 e. The maximum atomic E-state index is 14.4. The molecule has 0 atom stereocenters. The molecule has 0 unspecified atom stereocenters. The third kappa shape index (κ3) is 4.40. The Hall–Kier alpha value is -2.17. The predicted molar refractivity (Wildman–Crippen MR) is 107 cm³/mol. The molecule has 27 heavy (non-hydrogen) atoms. The summed E-state index contributed by atoms with van der Waals surface area (Å²) >= 11 is 0. The lowest BCUT2D eigenvalue weighted by Gasteiger charge is -2.36. The minimum atomic E-state index is -4.13. The molecule has 144 valence electrons. The van der Waals surface area contributed by atoms with E-state index >= 15 is 0 Å². The van der Waals surface area contributed by atoms with Gasteiger partial charge >= 0.3 is 5.97 Å². The van der Waals surface area contributed by atoms with Crippen molar-refractivity contribution >= 4 is 5.97 Å². The molecule has 0 aliphatic carbocycles. The summed E-state index contributed by atoms with van der Waals surface area (Å²) in [5.74, 6) is -1.81. The van der Waals surface area contributed by atoms with Crippen LogP contribution < -0.4 is 0 Å². The fourth-order valence-electron chi connectivity index (χ4n) is 2.76. The summed E-state index contributed by atoms with van der Waals surface area (Å²) in [5.41, 5.74) is -6.28. The Kier molecular flexibility index (Phi) is 2.49. The van der Waals surface area contributed by atoms with Crippen molar-refractivity contribution in [3.05, 3.63) is 71.6 Å². The fraction of sp³-hybridized carbons (Fsp3) is 0.435. The van der Waals surface area contributed by atoms with Gasteiger partial charge in [0.25, 0.3) is 0 Å². The van der Waals surface area contributed by atoms with Gasteiger partial charge in [0.15, 0.2) is 0 Å². The van der Waals surface area contributed by atoms with Crippen LogP contribution in [0.1, 0.15) is 60.5 Å². The van der Waals surface area contributed by atoms with Gasteiger partial charge in [-0.25, -0.2) is 4.79 Å². The first-order valence-corrected chi connectivity index (χ1v) is 8.20. The number of nitrogens with zero attached hydrogens (tertiary/aromatic N) is 1. The molecular formula is C23H29NO3. The molecule has 4 nitrogen and oxygen atoms in total. The number of ether oxygens (including phenoxy) is 2.